The van der Waals surface area contributed by atoms with Crippen LogP contribution in [0.1, 0.15) is 5.69 Å². The number of nitrogens with one attached hydrogen (secondary N) is 2. The van der Waals surface area contributed by atoms with E-state index in [0.717, 1.165) is 5.56 Å². The lowest BCUT2D eigenvalue weighted by molar-refractivity contribution is 0.251. The third-order valence-electron chi connectivity index (χ3n) is 3.83. The molecule has 0 aliphatic heterocycles. The third-order valence-corrected chi connectivity index (χ3v) is 4.79. The summed E-state index contributed by atoms with van der Waals surface area (Å²) in [5, 5.41) is 10.1. The van der Waals surface area contributed by atoms with Crippen LogP contribution < -0.4 is 16.2 Å². The highest BCUT2D eigenvalue weighted by Crippen LogP contribution is 2.23. The fourth-order valence-corrected chi connectivity index (χ4v) is 3.49. The lowest BCUT2D eigenvalue weighted by atomic mass is 10.2. The normalized spacial score (nSPS) is 10.8. The second-order valence-electron chi connectivity index (χ2n) is 5.87. The molecule has 0 unspecified atom stereocenters. The highest BCUT2D eigenvalue weighted by molar-refractivity contribution is 7.19. The zero-order valence-corrected chi connectivity index (χ0v) is 15.2. The van der Waals surface area contributed by atoms with Gasteiger partial charge in [0, 0.05) is 17.3 Å². The molecule has 2 amide bonds. The average Bonchev–Trinajstić information content (AvgIpc) is 3.12. The van der Waals surface area contributed by atoms with Gasteiger partial charge in [0.2, 0.25) is 4.96 Å². The number of aromatic nitrogens is 3. The maximum absolute atomic E-state index is 13.2. The lowest BCUT2D eigenvalue weighted by Gasteiger charge is -2.07. The molecule has 2 heterocycles. The Hall–Kier alpha value is -3.59. The number of carbonyl (C=O) groups is 1. The zero-order valence-electron chi connectivity index (χ0n) is 14.4. The molecule has 0 saturated carbocycles. The van der Waals surface area contributed by atoms with Crippen molar-refractivity contribution in [3.8, 4) is 10.6 Å². The SMILES string of the molecule is O=C(NCc1cc(=O)n2nc(-c3ccccc3)sc2n1)Nc1cccc(F)c1. The fourth-order valence-electron chi connectivity index (χ4n) is 2.56. The Labute approximate surface area is 162 Å². The minimum Gasteiger partial charge on any atom is -0.332 e. The van der Waals surface area contributed by atoms with Gasteiger partial charge in [0.05, 0.1) is 12.2 Å². The summed E-state index contributed by atoms with van der Waals surface area (Å²) in [6.07, 6.45) is 0. The monoisotopic (exact) mass is 395 g/mol. The summed E-state index contributed by atoms with van der Waals surface area (Å²) in [7, 11) is 0. The molecule has 2 aromatic heterocycles. The number of carbonyl (C=O) groups excluding carboxylic acids is 1. The van der Waals surface area contributed by atoms with Crippen LogP contribution in [-0.2, 0) is 6.54 Å². The van der Waals surface area contributed by atoms with E-state index in [-0.39, 0.29) is 12.1 Å². The summed E-state index contributed by atoms with van der Waals surface area (Å²) in [5.41, 5.74) is 1.30. The molecular weight excluding hydrogens is 381 g/mol. The first-order chi connectivity index (χ1) is 13.6. The number of urea groups is 1. The first-order valence-electron chi connectivity index (χ1n) is 8.34. The van der Waals surface area contributed by atoms with Crippen molar-refractivity contribution in [2.24, 2.45) is 0 Å². The molecule has 0 aliphatic rings. The minimum absolute atomic E-state index is 0.0471. The Kier molecular flexibility index (Phi) is 4.81. The van der Waals surface area contributed by atoms with Crippen LogP contribution in [0.25, 0.3) is 15.5 Å². The smallest absolute Gasteiger partial charge is 0.319 e. The van der Waals surface area contributed by atoms with Crippen molar-refractivity contribution in [3.05, 3.63) is 82.5 Å². The molecule has 0 radical (unpaired) electrons. The van der Waals surface area contributed by atoms with E-state index in [1.165, 1.54) is 40.1 Å². The molecule has 7 nitrogen and oxygen atoms in total. The molecule has 28 heavy (non-hydrogen) atoms. The third kappa shape index (κ3) is 3.89. The molecule has 0 fully saturated rings. The van der Waals surface area contributed by atoms with Crippen molar-refractivity contribution < 1.29 is 9.18 Å². The molecule has 140 valence electrons. The molecule has 0 atom stereocenters. The maximum atomic E-state index is 13.2. The fraction of sp³-hybridized carbons (Fsp3) is 0.0526. The zero-order chi connectivity index (χ0) is 19.5. The molecule has 0 bridgehead atoms. The molecule has 4 aromatic rings. The average molecular weight is 395 g/mol. The summed E-state index contributed by atoms with van der Waals surface area (Å²) < 4.78 is 14.4. The van der Waals surface area contributed by atoms with Gasteiger partial charge in [-0.15, -0.1) is 0 Å². The molecule has 9 heteroatoms. The molecule has 0 saturated heterocycles. The molecule has 0 aliphatic carbocycles. The van der Waals surface area contributed by atoms with E-state index < -0.39 is 11.8 Å². The van der Waals surface area contributed by atoms with Crippen molar-refractivity contribution in [3.63, 3.8) is 0 Å². The Morgan fingerprint density at radius 2 is 1.93 bits per heavy atom. The second kappa shape index (κ2) is 7.57. The minimum atomic E-state index is -0.526. The van der Waals surface area contributed by atoms with Crippen molar-refractivity contribution >= 4 is 28.0 Å². The first-order valence-corrected chi connectivity index (χ1v) is 9.16. The summed E-state index contributed by atoms with van der Waals surface area (Å²) in [6.45, 7) is 0.0471. The molecular formula is C19H14FN5O2S. The van der Waals surface area contributed by atoms with E-state index >= 15 is 0 Å². The number of hydrogen-bond donors (Lipinski definition) is 2. The van der Waals surface area contributed by atoms with Gasteiger partial charge in [-0.2, -0.15) is 9.61 Å². The van der Waals surface area contributed by atoms with E-state index in [1.807, 2.05) is 30.3 Å². The predicted molar refractivity (Wildman–Crippen MR) is 105 cm³/mol. The molecule has 4 rings (SSSR count). The van der Waals surface area contributed by atoms with Crippen molar-refractivity contribution in [1.29, 1.82) is 0 Å². The van der Waals surface area contributed by atoms with E-state index in [9.17, 15) is 14.0 Å². The lowest BCUT2D eigenvalue weighted by Crippen LogP contribution is -2.29. The largest absolute Gasteiger partial charge is 0.332 e. The number of hydrogen-bond acceptors (Lipinski definition) is 5. The number of nitrogens with zero attached hydrogens (tertiary/aromatic N) is 3. The molecule has 2 N–H and O–H groups in total. The van der Waals surface area contributed by atoms with Crippen molar-refractivity contribution in [1.82, 2.24) is 19.9 Å². The Morgan fingerprint density at radius 3 is 2.71 bits per heavy atom. The number of fused-ring (bicyclic) bond motifs is 1. The van der Waals surface area contributed by atoms with Crippen LogP contribution in [0.3, 0.4) is 0 Å². The van der Waals surface area contributed by atoms with Crippen LogP contribution in [-0.4, -0.2) is 20.6 Å². The Balaban J connectivity index is 1.50. The standard InChI is InChI=1S/C19H14FN5O2S/c20-13-7-4-8-14(9-13)22-18(27)21-11-15-10-16(26)25-19(23-15)28-17(24-25)12-5-2-1-3-6-12/h1-10H,11H2,(H2,21,22,27). The van der Waals surface area contributed by atoms with E-state index in [1.54, 1.807) is 6.07 Å². The Morgan fingerprint density at radius 1 is 1.11 bits per heavy atom. The summed E-state index contributed by atoms with van der Waals surface area (Å²) >= 11 is 1.29. The number of benzene rings is 2. The highest BCUT2D eigenvalue weighted by Gasteiger charge is 2.11. The van der Waals surface area contributed by atoms with Crippen LogP contribution in [0.2, 0.25) is 0 Å². The van der Waals surface area contributed by atoms with Crippen LogP contribution in [0, 0.1) is 5.82 Å². The van der Waals surface area contributed by atoms with Crippen LogP contribution in [0.4, 0.5) is 14.9 Å². The predicted octanol–water partition coefficient (Wildman–Crippen LogP) is 3.28. The van der Waals surface area contributed by atoms with Gasteiger partial charge in [-0.1, -0.05) is 47.7 Å². The topological polar surface area (TPSA) is 88.4 Å². The van der Waals surface area contributed by atoms with Gasteiger partial charge in [0.15, 0.2) is 0 Å². The summed E-state index contributed by atoms with van der Waals surface area (Å²) in [5.74, 6) is -0.447. The number of amides is 2. The number of halogens is 1. The van der Waals surface area contributed by atoms with E-state index in [4.69, 9.17) is 0 Å². The van der Waals surface area contributed by atoms with Gasteiger partial charge in [-0.25, -0.2) is 14.2 Å². The molecule has 0 spiro atoms. The number of anilines is 1. The summed E-state index contributed by atoms with van der Waals surface area (Å²) in [6, 6.07) is 15.9. The van der Waals surface area contributed by atoms with Gasteiger partial charge in [0.1, 0.15) is 10.8 Å². The van der Waals surface area contributed by atoms with Gasteiger partial charge < -0.3 is 10.6 Å². The van der Waals surface area contributed by atoms with E-state index in [0.29, 0.717) is 21.3 Å². The highest BCUT2D eigenvalue weighted by atomic mass is 32.1. The Bertz CT molecular complexity index is 1210. The van der Waals surface area contributed by atoms with Gasteiger partial charge in [-0.05, 0) is 18.2 Å². The van der Waals surface area contributed by atoms with Crippen LogP contribution in [0.15, 0.2) is 65.5 Å². The first kappa shape index (κ1) is 17.8. The van der Waals surface area contributed by atoms with Crippen LogP contribution in [0.5, 0.6) is 0 Å². The van der Waals surface area contributed by atoms with Gasteiger partial charge >= 0.3 is 6.03 Å². The van der Waals surface area contributed by atoms with Gasteiger partial charge in [-0.3, -0.25) is 4.79 Å². The van der Waals surface area contributed by atoms with Crippen molar-refractivity contribution in [2.45, 2.75) is 6.54 Å². The maximum Gasteiger partial charge on any atom is 0.319 e. The molecule has 2 aromatic carbocycles. The second-order valence-corrected chi connectivity index (χ2v) is 6.83. The van der Waals surface area contributed by atoms with Crippen molar-refractivity contribution in [2.75, 3.05) is 5.32 Å². The van der Waals surface area contributed by atoms with E-state index in [2.05, 4.69) is 20.7 Å². The van der Waals surface area contributed by atoms with Crippen LogP contribution >= 0.6 is 11.3 Å². The number of rotatable bonds is 4. The van der Waals surface area contributed by atoms with Gasteiger partial charge in [0.25, 0.3) is 5.56 Å². The quantitative estimate of drug-likeness (QED) is 0.555. The summed E-state index contributed by atoms with van der Waals surface area (Å²) in [4.78, 5) is 29.1.